The summed E-state index contributed by atoms with van der Waals surface area (Å²) in [5.41, 5.74) is 0.626. The first-order chi connectivity index (χ1) is 9.54. The minimum absolute atomic E-state index is 0.165. The number of aliphatic hydroxyl groups is 1. The van der Waals surface area contributed by atoms with Gasteiger partial charge in [0.1, 0.15) is 5.82 Å². The average Bonchev–Trinajstić information content (AvgIpc) is 2.38. The lowest BCUT2D eigenvalue weighted by Gasteiger charge is -2.35. The zero-order valence-corrected chi connectivity index (χ0v) is 12.1. The maximum absolute atomic E-state index is 13.2. The SMILES string of the molecule is CN(C)C[C@@H]1CN(C[C@H](O)c2cccc(F)c2)CCO1. The molecule has 4 nitrogen and oxygen atoms in total. The van der Waals surface area contributed by atoms with Gasteiger partial charge in [-0.3, -0.25) is 4.90 Å². The Morgan fingerprint density at radius 1 is 1.50 bits per heavy atom. The van der Waals surface area contributed by atoms with Crippen molar-refractivity contribution in [1.82, 2.24) is 9.80 Å². The number of ether oxygens (including phenoxy) is 1. The van der Waals surface area contributed by atoms with Gasteiger partial charge >= 0.3 is 0 Å². The highest BCUT2D eigenvalue weighted by molar-refractivity contribution is 5.19. The summed E-state index contributed by atoms with van der Waals surface area (Å²) in [4.78, 5) is 4.27. The molecule has 1 aliphatic rings. The molecule has 0 bridgehead atoms. The summed E-state index contributed by atoms with van der Waals surface area (Å²) in [6.45, 7) is 3.65. The third-order valence-corrected chi connectivity index (χ3v) is 3.46. The molecule has 5 heteroatoms. The molecule has 0 spiro atoms. The summed E-state index contributed by atoms with van der Waals surface area (Å²) in [6, 6.07) is 6.16. The van der Waals surface area contributed by atoms with Crippen LogP contribution in [0.1, 0.15) is 11.7 Å². The lowest BCUT2D eigenvalue weighted by molar-refractivity contribution is -0.0489. The van der Waals surface area contributed by atoms with Gasteiger partial charge in [-0.1, -0.05) is 12.1 Å². The normalized spacial score (nSPS) is 22.1. The van der Waals surface area contributed by atoms with Gasteiger partial charge in [0.05, 0.1) is 18.8 Å². The zero-order chi connectivity index (χ0) is 14.5. The van der Waals surface area contributed by atoms with Crippen molar-refractivity contribution in [1.29, 1.82) is 0 Å². The molecule has 0 unspecified atom stereocenters. The Kier molecular flexibility index (Phi) is 5.48. The Hall–Kier alpha value is -1.01. The maximum Gasteiger partial charge on any atom is 0.123 e. The molecule has 1 aliphatic heterocycles. The van der Waals surface area contributed by atoms with E-state index in [0.29, 0.717) is 18.7 Å². The van der Waals surface area contributed by atoms with Gasteiger partial charge in [-0.2, -0.15) is 0 Å². The van der Waals surface area contributed by atoms with Crippen molar-refractivity contribution in [2.45, 2.75) is 12.2 Å². The molecule has 1 heterocycles. The van der Waals surface area contributed by atoms with Crippen molar-refractivity contribution in [3.63, 3.8) is 0 Å². The second-order valence-electron chi connectivity index (χ2n) is 5.59. The number of nitrogens with zero attached hydrogens (tertiary/aromatic N) is 2. The minimum Gasteiger partial charge on any atom is -0.387 e. The fraction of sp³-hybridized carbons (Fsp3) is 0.600. The average molecular weight is 282 g/mol. The lowest BCUT2D eigenvalue weighted by Crippen LogP contribution is -2.47. The first kappa shape index (κ1) is 15.4. The maximum atomic E-state index is 13.2. The van der Waals surface area contributed by atoms with Crippen LogP contribution in [0.4, 0.5) is 4.39 Å². The van der Waals surface area contributed by atoms with Gasteiger partial charge < -0.3 is 14.7 Å². The number of hydrogen-bond acceptors (Lipinski definition) is 4. The molecule has 0 aliphatic carbocycles. The van der Waals surface area contributed by atoms with Gasteiger partial charge in [0.25, 0.3) is 0 Å². The highest BCUT2D eigenvalue weighted by atomic mass is 19.1. The Labute approximate surface area is 119 Å². The number of benzene rings is 1. The van der Waals surface area contributed by atoms with Crippen molar-refractivity contribution in [2.75, 3.05) is 46.9 Å². The molecule has 0 radical (unpaired) electrons. The van der Waals surface area contributed by atoms with E-state index in [2.05, 4.69) is 9.80 Å². The van der Waals surface area contributed by atoms with Gasteiger partial charge in [0.2, 0.25) is 0 Å². The van der Waals surface area contributed by atoms with Gasteiger partial charge in [0.15, 0.2) is 0 Å². The van der Waals surface area contributed by atoms with Crippen molar-refractivity contribution in [2.24, 2.45) is 0 Å². The fourth-order valence-electron chi connectivity index (χ4n) is 2.53. The first-order valence-corrected chi connectivity index (χ1v) is 6.97. The molecule has 2 rings (SSSR count). The Bertz CT molecular complexity index is 428. The predicted octanol–water partition coefficient (Wildman–Crippen LogP) is 1.12. The minimum atomic E-state index is -0.663. The number of morpholine rings is 1. The van der Waals surface area contributed by atoms with Crippen LogP contribution in [0.15, 0.2) is 24.3 Å². The van der Waals surface area contributed by atoms with Gasteiger partial charge in [0, 0.05) is 26.2 Å². The summed E-state index contributed by atoms with van der Waals surface area (Å²) >= 11 is 0. The van der Waals surface area contributed by atoms with Crippen LogP contribution in [0.2, 0.25) is 0 Å². The van der Waals surface area contributed by atoms with E-state index in [1.54, 1.807) is 12.1 Å². The van der Waals surface area contributed by atoms with Crippen LogP contribution in [0.5, 0.6) is 0 Å². The Morgan fingerprint density at radius 3 is 3.00 bits per heavy atom. The number of halogens is 1. The van der Waals surface area contributed by atoms with Crippen molar-refractivity contribution >= 4 is 0 Å². The lowest BCUT2D eigenvalue weighted by atomic mass is 10.1. The van der Waals surface area contributed by atoms with Crippen LogP contribution in [0.3, 0.4) is 0 Å². The molecular formula is C15H23FN2O2. The third-order valence-electron chi connectivity index (χ3n) is 3.46. The number of β-amino-alcohol motifs (C(OH)–C–C–N with tert-alkyl or cyclic N) is 1. The van der Waals surface area contributed by atoms with Gasteiger partial charge in [-0.05, 0) is 31.8 Å². The molecule has 1 aromatic rings. The second-order valence-corrected chi connectivity index (χ2v) is 5.59. The van der Waals surface area contributed by atoms with E-state index >= 15 is 0 Å². The summed E-state index contributed by atoms with van der Waals surface area (Å²) in [5.74, 6) is -0.311. The van der Waals surface area contributed by atoms with Crippen LogP contribution in [-0.4, -0.2) is 67.9 Å². The summed E-state index contributed by atoms with van der Waals surface area (Å²) in [5, 5.41) is 10.2. The van der Waals surface area contributed by atoms with E-state index in [1.165, 1.54) is 12.1 Å². The third kappa shape index (κ3) is 4.52. The zero-order valence-electron chi connectivity index (χ0n) is 12.1. The van der Waals surface area contributed by atoms with E-state index in [9.17, 15) is 9.50 Å². The standard InChI is InChI=1S/C15H23FN2O2/c1-17(2)9-14-10-18(6-7-20-14)11-15(19)12-4-3-5-13(16)8-12/h3-5,8,14-15,19H,6-7,9-11H2,1-2H3/t14-,15+/m1/s1. The Morgan fingerprint density at radius 2 is 2.30 bits per heavy atom. The van der Waals surface area contributed by atoms with E-state index in [1.807, 2.05) is 14.1 Å². The number of likely N-dealkylation sites (N-methyl/N-ethyl adjacent to an activating group) is 1. The van der Waals surface area contributed by atoms with Crippen LogP contribution in [-0.2, 0) is 4.74 Å². The fourth-order valence-corrected chi connectivity index (χ4v) is 2.53. The second kappa shape index (κ2) is 7.13. The molecule has 1 aromatic carbocycles. The molecule has 0 amide bonds. The van der Waals surface area contributed by atoms with E-state index in [4.69, 9.17) is 4.74 Å². The first-order valence-electron chi connectivity index (χ1n) is 6.97. The molecule has 2 atom stereocenters. The van der Waals surface area contributed by atoms with E-state index in [-0.39, 0.29) is 11.9 Å². The van der Waals surface area contributed by atoms with Crippen LogP contribution < -0.4 is 0 Å². The smallest absolute Gasteiger partial charge is 0.123 e. The van der Waals surface area contributed by atoms with Crippen LogP contribution in [0.25, 0.3) is 0 Å². The summed E-state index contributed by atoms with van der Waals surface area (Å²) < 4.78 is 18.9. The summed E-state index contributed by atoms with van der Waals surface area (Å²) in [7, 11) is 4.04. The number of aliphatic hydroxyl groups excluding tert-OH is 1. The molecule has 20 heavy (non-hydrogen) atoms. The van der Waals surface area contributed by atoms with Crippen molar-refractivity contribution in [3.05, 3.63) is 35.6 Å². The van der Waals surface area contributed by atoms with Crippen LogP contribution in [0, 0.1) is 5.82 Å². The van der Waals surface area contributed by atoms with Gasteiger partial charge in [-0.25, -0.2) is 4.39 Å². The molecule has 1 saturated heterocycles. The van der Waals surface area contributed by atoms with Gasteiger partial charge in [-0.15, -0.1) is 0 Å². The predicted molar refractivity (Wildman–Crippen MR) is 76.1 cm³/mol. The topological polar surface area (TPSA) is 35.9 Å². The van der Waals surface area contributed by atoms with E-state index in [0.717, 1.165) is 19.6 Å². The Balaban J connectivity index is 1.89. The molecule has 1 N–H and O–H groups in total. The molecule has 0 aromatic heterocycles. The van der Waals surface area contributed by atoms with Crippen LogP contribution >= 0.6 is 0 Å². The molecular weight excluding hydrogens is 259 g/mol. The number of rotatable bonds is 5. The highest BCUT2D eigenvalue weighted by Gasteiger charge is 2.23. The molecule has 112 valence electrons. The van der Waals surface area contributed by atoms with E-state index < -0.39 is 6.10 Å². The largest absolute Gasteiger partial charge is 0.387 e. The molecule has 1 fully saturated rings. The molecule has 0 saturated carbocycles. The monoisotopic (exact) mass is 282 g/mol. The quantitative estimate of drug-likeness (QED) is 0.878. The van der Waals surface area contributed by atoms with Crippen molar-refractivity contribution < 1.29 is 14.2 Å². The summed E-state index contributed by atoms with van der Waals surface area (Å²) in [6.07, 6.45) is -0.498. The van der Waals surface area contributed by atoms with Crippen molar-refractivity contribution in [3.8, 4) is 0 Å². The highest BCUT2D eigenvalue weighted by Crippen LogP contribution is 2.17. The number of hydrogen-bond donors (Lipinski definition) is 1.